The van der Waals surface area contributed by atoms with Crippen molar-refractivity contribution in [2.24, 2.45) is 0 Å². The number of fused-ring (bicyclic) bond motifs is 1. The Labute approximate surface area is 204 Å². The van der Waals surface area contributed by atoms with Gasteiger partial charge in [0.2, 0.25) is 5.91 Å². The summed E-state index contributed by atoms with van der Waals surface area (Å²) >= 11 is 3.61. The summed E-state index contributed by atoms with van der Waals surface area (Å²) in [6.07, 6.45) is 2.99. The molecule has 0 N–H and O–H groups in total. The van der Waals surface area contributed by atoms with Crippen LogP contribution in [0.15, 0.2) is 83.3 Å². The number of hydrogen-bond donors (Lipinski definition) is 0. The second-order valence-corrected chi connectivity index (χ2v) is 9.46. The standard InChI is InChI=1S/C28H29BrN2O2/c1-3-4-15-27(32)31(23-13-9-6-10-14-23)26-18-20(2)30(25-17-16-22(29)19-24(25)26)28(33)21-11-7-5-8-12-21/h5-14,16-17,19-20,26H,3-4,15,18H2,1-2H3/t20-,26-/m1/s1. The lowest BCUT2D eigenvalue weighted by atomic mass is 9.89. The smallest absolute Gasteiger partial charge is 0.258 e. The van der Waals surface area contributed by atoms with Gasteiger partial charge in [0.05, 0.1) is 6.04 Å². The molecule has 1 heterocycles. The lowest BCUT2D eigenvalue weighted by Crippen LogP contribution is -2.47. The van der Waals surface area contributed by atoms with Gasteiger partial charge >= 0.3 is 0 Å². The molecule has 0 aliphatic carbocycles. The lowest BCUT2D eigenvalue weighted by molar-refractivity contribution is -0.119. The Morgan fingerprint density at radius 3 is 2.33 bits per heavy atom. The molecular formula is C28H29BrN2O2. The average Bonchev–Trinajstić information content (AvgIpc) is 2.84. The molecule has 0 unspecified atom stereocenters. The third kappa shape index (κ3) is 4.88. The van der Waals surface area contributed by atoms with E-state index in [0.29, 0.717) is 18.4 Å². The van der Waals surface area contributed by atoms with Crippen molar-refractivity contribution in [3.63, 3.8) is 0 Å². The molecule has 1 aliphatic heterocycles. The Kier molecular flexibility index (Phi) is 7.29. The van der Waals surface area contributed by atoms with E-state index in [1.54, 1.807) is 0 Å². The van der Waals surface area contributed by atoms with Gasteiger partial charge in [-0.3, -0.25) is 9.59 Å². The summed E-state index contributed by atoms with van der Waals surface area (Å²) in [5, 5.41) is 0. The lowest BCUT2D eigenvalue weighted by Gasteiger charge is -2.43. The monoisotopic (exact) mass is 504 g/mol. The van der Waals surface area contributed by atoms with Gasteiger partial charge in [-0.25, -0.2) is 0 Å². The van der Waals surface area contributed by atoms with Gasteiger partial charge in [-0.15, -0.1) is 0 Å². The fraction of sp³-hybridized carbons (Fsp3) is 0.286. The molecule has 1 aliphatic rings. The normalized spacial score (nSPS) is 17.4. The fourth-order valence-electron chi connectivity index (χ4n) is 4.61. The SMILES string of the molecule is CCCCC(=O)N(c1ccccc1)[C@@H]1C[C@@H](C)N(C(=O)c2ccccc2)c2ccc(Br)cc21. The highest BCUT2D eigenvalue weighted by Crippen LogP contribution is 2.44. The molecule has 0 saturated carbocycles. The summed E-state index contributed by atoms with van der Waals surface area (Å²) in [6.45, 7) is 4.17. The van der Waals surface area contributed by atoms with Gasteiger partial charge in [0.1, 0.15) is 0 Å². The van der Waals surface area contributed by atoms with Gasteiger partial charge in [-0.2, -0.15) is 0 Å². The van der Waals surface area contributed by atoms with Crippen LogP contribution in [0.2, 0.25) is 0 Å². The molecule has 170 valence electrons. The molecule has 33 heavy (non-hydrogen) atoms. The van der Waals surface area contributed by atoms with E-state index in [0.717, 1.165) is 34.3 Å². The summed E-state index contributed by atoms with van der Waals surface area (Å²) in [6, 6.07) is 25.1. The van der Waals surface area contributed by atoms with E-state index in [9.17, 15) is 9.59 Å². The number of rotatable bonds is 6. The Morgan fingerprint density at radius 2 is 1.67 bits per heavy atom. The number of nitrogens with zero attached hydrogens (tertiary/aromatic N) is 2. The van der Waals surface area contributed by atoms with Crippen molar-refractivity contribution < 1.29 is 9.59 Å². The largest absolute Gasteiger partial charge is 0.305 e. The molecule has 0 radical (unpaired) electrons. The van der Waals surface area contributed by atoms with Crippen LogP contribution in [0.1, 0.15) is 61.5 Å². The maximum atomic E-state index is 13.5. The Hall–Kier alpha value is -2.92. The fourth-order valence-corrected chi connectivity index (χ4v) is 4.99. The number of anilines is 2. The molecule has 2 amide bonds. The molecular weight excluding hydrogens is 476 g/mol. The van der Waals surface area contributed by atoms with Crippen LogP contribution in [0.3, 0.4) is 0 Å². The molecule has 0 fully saturated rings. The zero-order valence-electron chi connectivity index (χ0n) is 19.1. The average molecular weight is 505 g/mol. The van der Waals surface area contributed by atoms with Crippen molar-refractivity contribution in [1.29, 1.82) is 0 Å². The van der Waals surface area contributed by atoms with E-state index in [1.165, 1.54) is 0 Å². The highest BCUT2D eigenvalue weighted by Gasteiger charge is 2.38. The first-order valence-electron chi connectivity index (χ1n) is 11.6. The van der Waals surface area contributed by atoms with E-state index in [2.05, 4.69) is 35.8 Å². The quantitative estimate of drug-likeness (QED) is 0.357. The zero-order chi connectivity index (χ0) is 23.4. The van der Waals surface area contributed by atoms with Crippen molar-refractivity contribution in [2.75, 3.05) is 9.80 Å². The number of hydrogen-bond acceptors (Lipinski definition) is 2. The van der Waals surface area contributed by atoms with Gasteiger partial charge in [-0.05, 0) is 67.8 Å². The molecule has 4 nitrogen and oxygen atoms in total. The Bertz CT molecular complexity index is 1120. The summed E-state index contributed by atoms with van der Waals surface area (Å²) in [4.78, 5) is 30.8. The molecule has 0 aromatic heterocycles. The highest BCUT2D eigenvalue weighted by atomic mass is 79.9. The number of amides is 2. The Morgan fingerprint density at radius 1 is 1.00 bits per heavy atom. The molecule has 5 heteroatoms. The van der Waals surface area contributed by atoms with E-state index in [1.807, 2.05) is 82.6 Å². The van der Waals surface area contributed by atoms with Crippen molar-refractivity contribution >= 4 is 39.1 Å². The first kappa shape index (κ1) is 23.2. The highest BCUT2D eigenvalue weighted by molar-refractivity contribution is 9.10. The van der Waals surface area contributed by atoms with E-state index in [4.69, 9.17) is 0 Å². The summed E-state index contributed by atoms with van der Waals surface area (Å²) < 4.78 is 0.932. The molecule has 0 saturated heterocycles. The maximum Gasteiger partial charge on any atom is 0.258 e. The number of para-hydroxylation sites is 1. The zero-order valence-corrected chi connectivity index (χ0v) is 20.7. The van der Waals surface area contributed by atoms with Crippen LogP contribution in [-0.2, 0) is 4.79 Å². The van der Waals surface area contributed by atoms with Crippen LogP contribution in [0, 0.1) is 0 Å². The molecule has 4 rings (SSSR count). The van der Waals surface area contributed by atoms with Crippen LogP contribution in [0.25, 0.3) is 0 Å². The predicted molar refractivity (Wildman–Crippen MR) is 138 cm³/mol. The number of unbranched alkanes of at least 4 members (excludes halogenated alkanes) is 1. The minimum absolute atomic E-state index is 0.0197. The third-order valence-electron chi connectivity index (χ3n) is 6.21. The summed E-state index contributed by atoms with van der Waals surface area (Å²) in [5.74, 6) is 0.0997. The molecule has 0 bridgehead atoms. The minimum Gasteiger partial charge on any atom is -0.305 e. The minimum atomic E-state index is -0.154. The number of carbonyl (C=O) groups is 2. The summed E-state index contributed by atoms with van der Waals surface area (Å²) in [7, 11) is 0. The molecule has 3 aromatic carbocycles. The van der Waals surface area contributed by atoms with Gasteiger partial charge in [-0.1, -0.05) is 65.7 Å². The van der Waals surface area contributed by atoms with Crippen molar-refractivity contribution in [1.82, 2.24) is 0 Å². The van der Waals surface area contributed by atoms with Gasteiger partial charge in [0.25, 0.3) is 5.91 Å². The topological polar surface area (TPSA) is 40.6 Å². The number of carbonyl (C=O) groups excluding carboxylic acids is 2. The number of halogens is 1. The third-order valence-corrected chi connectivity index (χ3v) is 6.70. The van der Waals surface area contributed by atoms with Crippen LogP contribution in [0.5, 0.6) is 0 Å². The predicted octanol–water partition coefficient (Wildman–Crippen LogP) is 7.15. The second-order valence-electron chi connectivity index (χ2n) is 8.55. The summed E-state index contributed by atoms with van der Waals surface area (Å²) in [5.41, 5.74) is 3.40. The van der Waals surface area contributed by atoms with Crippen LogP contribution in [0.4, 0.5) is 11.4 Å². The van der Waals surface area contributed by atoms with Crippen LogP contribution < -0.4 is 9.80 Å². The second kappa shape index (κ2) is 10.3. The first-order valence-corrected chi connectivity index (χ1v) is 12.4. The van der Waals surface area contributed by atoms with Crippen molar-refractivity contribution in [3.8, 4) is 0 Å². The molecule has 2 atom stereocenters. The van der Waals surface area contributed by atoms with Gasteiger partial charge < -0.3 is 9.80 Å². The van der Waals surface area contributed by atoms with E-state index < -0.39 is 0 Å². The molecule has 0 spiro atoms. The van der Waals surface area contributed by atoms with E-state index in [-0.39, 0.29) is 23.9 Å². The van der Waals surface area contributed by atoms with Crippen molar-refractivity contribution in [2.45, 2.75) is 51.6 Å². The van der Waals surface area contributed by atoms with Crippen LogP contribution in [-0.4, -0.2) is 17.9 Å². The Balaban J connectivity index is 1.80. The van der Waals surface area contributed by atoms with Gasteiger partial charge in [0.15, 0.2) is 0 Å². The van der Waals surface area contributed by atoms with Crippen molar-refractivity contribution in [3.05, 3.63) is 94.5 Å². The van der Waals surface area contributed by atoms with Gasteiger partial charge in [0, 0.05) is 33.9 Å². The van der Waals surface area contributed by atoms with E-state index >= 15 is 0 Å². The van der Waals surface area contributed by atoms with Crippen LogP contribution >= 0.6 is 15.9 Å². The molecule has 3 aromatic rings. The maximum absolute atomic E-state index is 13.5. The number of benzene rings is 3. The first-order chi connectivity index (χ1) is 16.0.